The maximum atomic E-state index is 12.1. The van der Waals surface area contributed by atoms with E-state index in [2.05, 4.69) is 15.0 Å². The number of aliphatic imine (C=N–C) groups is 1. The lowest BCUT2D eigenvalue weighted by molar-refractivity contribution is -0.158. The van der Waals surface area contributed by atoms with E-state index in [4.69, 9.17) is 0 Å². The molecule has 1 aromatic rings. The predicted octanol–water partition coefficient (Wildman–Crippen LogP) is 1.37. The highest BCUT2D eigenvalue weighted by atomic mass is 16.5. The first-order valence-corrected chi connectivity index (χ1v) is 4.92. The smallest absolute Gasteiger partial charge is 0.177 e. The van der Waals surface area contributed by atoms with Crippen molar-refractivity contribution < 1.29 is 5.21 Å². The normalized spacial score (nSPS) is 23.0. The van der Waals surface area contributed by atoms with Crippen molar-refractivity contribution >= 4 is 5.84 Å². The fraction of sp³-hybridized carbons (Fsp3) is 0.600. The van der Waals surface area contributed by atoms with Crippen molar-refractivity contribution in [3.05, 3.63) is 18.2 Å². The molecule has 0 atom stereocenters. The van der Waals surface area contributed by atoms with Crippen LogP contribution in [-0.4, -0.2) is 31.9 Å². The van der Waals surface area contributed by atoms with Gasteiger partial charge in [0.2, 0.25) is 0 Å². The van der Waals surface area contributed by atoms with Gasteiger partial charge in [-0.3, -0.25) is 4.99 Å². The zero-order chi connectivity index (χ0) is 11.3. The zero-order valence-corrected chi connectivity index (χ0v) is 9.40. The number of hydrogen-bond donors (Lipinski definition) is 1. The van der Waals surface area contributed by atoms with E-state index in [-0.39, 0.29) is 0 Å². The summed E-state index contributed by atoms with van der Waals surface area (Å²) < 4.78 is 0. The maximum Gasteiger partial charge on any atom is 0.177 e. The van der Waals surface area contributed by atoms with Gasteiger partial charge < -0.3 is 4.98 Å². The molecule has 0 bridgehead atoms. The van der Waals surface area contributed by atoms with Gasteiger partial charge in [0.25, 0.3) is 0 Å². The third-order valence-corrected chi connectivity index (χ3v) is 3.32. The van der Waals surface area contributed by atoms with Crippen LogP contribution in [0.1, 0.15) is 33.4 Å². The Balaban J connectivity index is 2.46. The summed E-state index contributed by atoms with van der Waals surface area (Å²) in [5.74, 6) is 0.433. The molecule has 1 N–H and O–H groups in total. The van der Waals surface area contributed by atoms with Crippen LogP contribution in [0.15, 0.2) is 17.5 Å². The number of imidazole rings is 1. The quantitative estimate of drug-likeness (QED) is 0.756. The second-order valence-corrected chi connectivity index (χ2v) is 4.81. The number of nitrogens with one attached hydrogen (secondary N) is 1. The fourth-order valence-electron chi connectivity index (χ4n) is 1.51. The van der Waals surface area contributed by atoms with Crippen LogP contribution in [0.4, 0.5) is 0 Å². The molecule has 5 nitrogen and oxygen atoms in total. The van der Waals surface area contributed by atoms with Crippen LogP contribution in [-0.2, 0) is 5.21 Å². The summed E-state index contributed by atoms with van der Waals surface area (Å²) in [4.78, 5) is 11.3. The first-order chi connectivity index (χ1) is 6.86. The molecule has 0 saturated heterocycles. The molecule has 0 amide bonds. The summed E-state index contributed by atoms with van der Waals surface area (Å²) in [5.41, 5.74) is -0.258. The van der Waals surface area contributed by atoms with Gasteiger partial charge in [-0.1, -0.05) is 5.21 Å². The van der Waals surface area contributed by atoms with Crippen molar-refractivity contribution in [3.8, 4) is 0 Å². The number of nitrogens with zero attached hydrogens (tertiary/aromatic N) is 3. The average Bonchev–Trinajstić information content (AvgIpc) is 2.69. The summed E-state index contributed by atoms with van der Waals surface area (Å²) in [6.45, 7) is 7.71. The van der Waals surface area contributed by atoms with Crippen LogP contribution in [0.5, 0.6) is 0 Å². The van der Waals surface area contributed by atoms with Crippen molar-refractivity contribution in [3.63, 3.8) is 0 Å². The number of hydrogen-bond acceptors (Lipinski definition) is 3. The molecule has 1 aliphatic rings. The molecule has 1 aromatic heterocycles. The van der Waals surface area contributed by atoms with E-state index in [1.807, 2.05) is 27.7 Å². The third-order valence-electron chi connectivity index (χ3n) is 3.32. The second kappa shape index (κ2) is 2.82. The number of amidine groups is 1. The molecule has 0 spiro atoms. The van der Waals surface area contributed by atoms with E-state index in [0.29, 0.717) is 11.5 Å². The van der Waals surface area contributed by atoms with E-state index in [1.165, 1.54) is 0 Å². The Morgan fingerprint density at radius 2 is 2.00 bits per heavy atom. The summed E-state index contributed by atoms with van der Waals surface area (Å²) >= 11 is 0. The van der Waals surface area contributed by atoms with Gasteiger partial charge >= 0.3 is 0 Å². The maximum absolute atomic E-state index is 12.1. The van der Waals surface area contributed by atoms with E-state index >= 15 is 0 Å². The van der Waals surface area contributed by atoms with Crippen LogP contribution in [0.3, 0.4) is 0 Å². The van der Waals surface area contributed by atoms with E-state index in [9.17, 15) is 5.21 Å². The molecule has 1 radical (unpaired) electrons. The van der Waals surface area contributed by atoms with Crippen LogP contribution in [0, 0.1) is 0 Å². The average molecular weight is 207 g/mol. The summed E-state index contributed by atoms with van der Waals surface area (Å²) in [6, 6.07) is 0. The molecule has 2 rings (SSSR count). The van der Waals surface area contributed by atoms with Crippen molar-refractivity contribution in [2.45, 2.75) is 38.8 Å². The fourth-order valence-corrected chi connectivity index (χ4v) is 1.51. The summed E-state index contributed by atoms with van der Waals surface area (Å²) in [6.07, 6.45) is 3.16. The summed E-state index contributed by atoms with van der Waals surface area (Å²) in [7, 11) is 0. The Morgan fingerprint density at radius 1 is 1.33 bits per heavy atom. The molecule has 81 valence electrons. The van der Waals surface area contributed by atoms with Gasteiger partial charge in [-0.15, -0.1) is 0 Å². The van der Waals surface area contributed by atoms with Gasteiger partial charge in [0.05, 0.1) is 23.6 Å². The number of aromatic amines is 1. The first kappa shape index (κ1) is 10.2. The van der Waals surface area contributed by atoms with E-state index < -0.39 is 11.1 Å². The lowest BCUT2D eigenvalue weighted by atomic mass is 9.84. The van der Waals surface area contributed by atoms with Gasteiger partial charge in [-0.25, -0.2) is 4.98 Å². The first-order valence-electron chi connectivity index (χ1n) is 4.92. The minimum Gasteiger partial charge on any atom is -0.342 e. The highest BCUT2D eigenvalue weighted by Gasteiger charge is 2.50. The Bertz CT molecular complexity index is 392. The number of H-pyrrole nitrogens is 1. The third kappa shape index (κ3) is 1.26. The zero-order valence-electron chi connectivity index (χ0n) is 9.40. The molecule has 2 heterocycles. The molecular formula is C10H15N4O. The lowest BCUT2D eigenvalue weighted by Gasteiger charge is -2.35. The number of hydroxylamine groups is 2. The highest BCUT2D eigenvalue weighted by molar-refractivity contribution is 5.98. The Labute approximate surface area is 88.8 Å². The minimum absolute atomic E-state index is 0.394. The van der Waals surface area contributed by atoms with Gasteiger partial charge in [0.1, 0.15) is 5.69 Å². The van der Waals surface area contributed by atoms with Crippen molar-refractivity contribution in [1.82, 2.24) is 15.0 Å². The molecular weight excluding hydrogens is 192 g/mol. The molecule has 0 saturated carbocycles. The van der Waals surface area contributed by atoms with Crippen molar-refractivity contribution in [1.29, 1.82) is 0 Å². The standard InChI is InChI=1S/C10H15N4O/c1-9(2)10(3,4)14(15)8(13-9)7-5-11-6-12-7/h5-6H,1-4H3,(H,11,12). The second-order valence-electron chi connectivity index (χ2n) is 4.81. The summed E-state index contributed by atoms with van der Waals surface area (Å²) in [5, 5.41) is 13.0. The lowest BCUT2D eigenvalue weighted by Crippen LogP contribution is -2.50. The van der Waals surface area contributed by atoms with Gasteiger partial charge in [-0.05, 0) is 27.7 Å². The van der Waals surface area contributed by atoms with Gasteiger partial charge in [0, 0.05) is 0 Å². The molecule has 1 aliphatic heterocycles. The van der Waals surface area contributed by atoms with Gasteiger partial charge in [-0.2, -0.15) is 5.06 Å². The number of aromatic nitrogens is 2. The highest BCUT2D eigenvalue weighted by Crippen LogP contribution is 2.37. The molecule has 0 unspecified atom stereocenters. The SMILES string of the molecule is CC1(C)N=C(c2cnc[nH]2)N([O])C1(C)C. The predicted molar refractivity (Wildman–Crippen MR) is 55.8 cm³/mol. The Kier molecular flexibility index (Phi) is 1.91. The largest absolute Gasteiger partial charge is 0.342 e. The van der Waals surface area contributed by atoms with Crippen LogP contribution < -0.4 is 0 Å². The van der Waals surface area contributed by atoms with Crippen LogP contribution in [0.25, 0.3) is 0 Å². The Morgan fingerprint density at radius 3 is 2.40 bits per heavy atom. The van der Waals surface area contributed by atoms with Crippen LogP contribution >= 0.6 is 0 Å². The molecule has 15 heavy (non-hydrogen) atoms. The monoisotopic (exact) mass is 207 g/mol. The van der Waals surface area contributed by atoms with Crippen LogP contribution in [0.2, 0.25) is 0 Å². The van der Waals surface area contributed by atoms with Gasteiger partial charge in [0.15, 0.2) is 5.84 Å². The van der Waals surface area contributed by atoms with E-state index in [0.717, 1.165) is 5.06 Å². The van der Waals surface area contributed by atoms with Crippen molar-refractivity contribution in [2.75, 3.05) is 0 Å². The molecule has 0 aromatic carbocycles. The minimum atomic E-state index is -0.534. The molecule has 0 fully saturated rings. The molecule has 0 aliphatic carbocycles. The van der Waals surface area contributed by atoms with Crippen molar-refractivity contribution in [2.24, 2.45) is 4.99 Å². The Hall–Kier alpha value is -1.36. The molecule has 5 heteroatoms. The number of rotatable bonds is 1. The topological polar surface area (TPSA) is 64.2 Å². The van der Waals surface area contributed by atoms with E-state index in [1.54, 1.807) is 12.5 Å².